The maximum absolute atomic E-state index is 8.56. The normalized spacial score (nSPS) is 11.1. The molecule has 4 N–H and O–H groups in total. The first-order chi connectivity index (χ1) is 7.35. The Morgan fingerprint density at radius 1 is 1.07 bits per heavy atom. The minimum atomic E-state index is 0.0745. The molecule has 0 aromatic heterocycles. The molecule has 0 aromatic rings. The SMILES string of the molecule is NCC=CN(OCCCO)OCCCO. The summed E-state index contributed by atoms with van der Waals surface area (Å²) in [6, 6.07) is 0. The summed E-state index contributed by atoms with van der Waals surface area (Å²) in [7, 11) is 0. The zero-order chi connectivity index (χ0) is 11.4. The maximum Gasteiger partial charge on any atom is 0.0797 e. The Morgan fingerprint density at radius 2 is 1.60 bits per heavy atom. The van der Waals surface area contributed by atoms with Gasteiger partial charge in [0.15, 0.2) is 0 Å². The number of hydrogen-bond donors (Lipinski definition) is 3. The first-order valence-electron chi connectivity index (χ1n) is 4.98. The third kappa shape index (κ3) is 9.64. The molecule has 0 aromatic carbocycles. The molecule has 90 valence electrons. The van der Waals surface area contributed by atoms with E-state index in [9.17, 15) is 0 Å². The Bertz CT molecular complexity index is 145. The van der Waals surface area contributed by atoms with E-state index in [1.54, 1.807) is 12.3 Å². The molecule has 6 nitrogen and oxygen atoms in total. The molecule has 6 heteroatoms. The highest BCUT2D eigenvalue weighted by Crippen LogP contribution is 1.96. The number of nitrogens with two attached hydrogens (primary N) is 1. The van der Waals surface area contributed by atoms with Crippen molar-refractivity contribution >= 4 is 0 Å². The lowest BCUT2D eigenvalue weighted by atomic mass is 10.5. The van der Waals surface area contributed by atoms with E-state index in [1.165, 1.54) is 5.23 Å². The molecule has 0 aliphatic rings. The van der Waals surface area contributed by atoms with Crippen LogP contribution in [0.25, 0.3) is 0 Å². The predicted molar refractivity (Wildman–Crippen MR) is 55.3 cm³/mol. The molecule has 0 saturated heterocycles. The number of hydroxylamine groups is 2. The van der Waals surface area contributed by atoms with E-state index in [4.69, 9.17) is 25.6 Å². The van der Waals surface area contributed by atoms with E-state index in [0.29, 0.717) is 32.6 Å². The fourth-order valence-corrected chi connectivity index (χ4v) is 0.708. The van der Waals surface area contributed by atoms with Gasteiger partial charge < -0.3 is 15.9 Å². The molecule has 0 bridgehead atoms. The van der Waals surface area contributed by atoms with Gasteiger partial charge in [-0.3, -0.25) is 0 Å². The van der Waals surface area contributed by atoms with Crippen molar-refractivity contribution in [1.29, 1.82) is 0 Å². The van der Waals surface area contributed by atoms with Crippen molar-refractivity contribution in [1.82, 2.24) is 5.23 Å². The van der Waals surface area contributed by atoms with Crippen LogP contribution in [0.1, 0.15) is 12.8 Å². The summed E-state index contributed by atoms with van der Waals surface area (Å²) in [5, 5.41) is 18.3. The van der Waals surface area contributed by atoms with E-state index in [-0.39, 0.29) is 13.2 Å². The lowest BCUT2D eigenvalue weighted by molar-refractivity contribution is -0.337. The van der Waals surface area contributed by atoms with Gasteiger partial charge in [0.2, 0.25) is 0 Å². The van der Waals surface area contributed by atoms with E-state index >= 15 is 0 Å². The van der Waals surface area contributed by atoms with Gasteiger partial charge in [-0.2, -0.15) is 0 Å². The van der Waals surface area contributed by atoms with Crippen molar-refractivity contribution in [2.24, 2.45) is 5.73 Å². The monoisotopic (exact) mass is 220 g/mol. The van der Waals surface area contributed by atoms with Crippen molar-refractivity contribution < 1.29 is 19.9 Å². The van der Waals surface area contributed by atoms with Crippen LogP contribution in [0.4, 0.5) is 0 Å². The summed E-state index contributed by atoms with van der Waals surface area (Å²) in [6.07, 6.45) is 4.32. The molecule has 0 heterocycles. The second kappa shape index (κ2) is 11.4. The first kappa shape index (κ1) is 14.3. The molecule has 0 rings (SSSR count). The summed E-state index contributed by atoms with van der Waals surface area (Å²) in [5.74, 6) is 0. The van der Waals surface area contributed by atoms with Crippen molar-refractivity contribution in [2.45, 2.75) is 12.8 Å². The molecule has 15 heavy (non-hydrogen) atoms. The molecule has 0 atom stereocenters. The Morgan fingerprint density at radius 3 is 2.00 bits per heavy atom. The third-order valence-corrected chi connectivity index (χ3v) is 1.41. The molecule has 0 spiro atoms. The van der Waals surface area contributed by atoms with E-state index in [2.05, 4.69) is 0 Å². The van der Waals surface area contributed by atoms with Crippen molar-refractivity contribution in [3.05, 3.63) is 12.3 Å². The Balaban J connectivity index is 3.68. The molecule has 0 unspecified atom stereocenters. The minimum absolute atomic E-state index is 0.0745. The lowest BCUT2D eigenvalue weighted by Crippen LogP contribution is -2.21. The van der Waals surface area contributed by atoms with E-state index in [1.807, 2.05) is 0 Å². The van der Waals surface area contributed by atoms with Crippen LogP contribution in [0.5, 0.6) is 0 Å². The highest BCUT2D eigenvalue weighted by Gasteiger charge is 1.99. The zero-order valence-electron chi connectivity index (χ0n) is 8.84. The molecule has 0 fully saturated rings. The third-order valence-electron chi connectivity index (χ3n) is 1.41. The van der Waals surface area contributed by atoms with Gasteiger partial charge in [0.05, 0.1) is 19.4 Å². The predicted octanol–water partition coefficient (Wildman–Crippen LogP) is -0.611. The van der Waals surface area contributed by atoms with Crippen LogP contribution in [0, 0.1) is 0 Å². The highest BCUT2D eigenvalue weighted by atomic mass is 16.9. The highest BCUT2D eigenvalue weighted by molar-refractivity contribution is 4.76. The van der Waals surface area contributed by atoms with Crippen LogP contribution in [0.15, 0.2) is 12.3 Å². The smallest absolute Gasteiger partial charge is 0.0797 e. The Kier molecular flexibility index (Phi) is 10.9. The van der Waals surface area contributed by atoms with Gasteiger partial charge in [-0.05, 0) is 18.9 Å². The van der Waals surface area contributed by atoms with Gasteiger partial charge in [0.25, 0.3) is 0 Å². The summed E-state index contributed by atoms with van der Waals surface area (Å²) >= 11 is 0. The van der Waals surface area contributed by atoms with Crippen LogP contribution >= 0.6 is 0 Å². The van der Waals surface area contributed by atoms with Crippen LogP contribution in [-0.4, -0.2) is 48.4 Å². The second-order valence-corrected chi connectivity index (χ2v) is 2.73. The number of nitrogens with zero attached hydrogens (tertiary/aromatic N) is 1. The standard InChI is InChI=1S/C9H20N2O4/c10-4-1-5-11(14-8-2-6-12)15-9-3-7-13/h1,5,12-13H,2-4,6-10H2. The second-order valence-electron chi connectivity index (χ2n) is 2.73. The Labute approximate surface area is 89.8 Å². The first-order valence-corrected chi connectivity index (χ1v) is 4.98. The summed E-state index contributed by atoms with van der Waals surface area (Å²) in [5.41, 5.74) is 5.28. The topological polar surface area (TPSA) is 88.2 Å². The van der Waals surface area contributed by atoms with Gasteiger partial charge in [0, 0.05) is 19.8 Å². The van der Waals surface area contributed by atoms with Crippen molar-refractivity contribution in [3.63, 3.8) is 0 Å². The molecule has 0 amide bonds. The molecular formula is C9H20N2O4. The average molecular weight is 220 g/mol. The zero-order valence-corrected chi connectivity index (χ0v) is 8.84. The molecule has 0 aliphatic carbocycles. The van der Waals surface area contributed by atoms with Crippen LogP contribution in [-0.2, 0) is 9.68 Å². The van der Waals surface area contributed by atoms with Crippen LogP contribution in [0.3, 0.4) is 0 Å². The molecular weight excluding hydrogens is 200 g/mol. The van der Waals surface area contributed by atoms with E-state index in [0.717, 1.165) is 0 Å². The minimum Gasteiger partial charge on any atom is -0.396 e. The number of rotatable bonds is 10. The molecule has 0 aliphatic heterocycles. The lowest BCUT2D eigenvalue weighted by Gasteiger charge is -2.18. The summed E-state index contributed by atoms with van der Waals surface area (Å²) in [4.78, 5) is 10.3. The average Bonchev–Trinajstić information content (AvgIpc) is 2.25. The van der Waals surface area contributed by atoms with Gasteiger partial charge in [0.1, 0.15) is 0 Å². The van der Waals surface area contributed by atoms with Crippen molar-refractivity contribution in [2.75, 3.05) is 33.0 Å². The summed E-state index contributed by atoms with van der Waals surface area (Å²) < 4.78 is 0. The quantitative estimate of drug-likeness (QED) is 0.336. The maximum atomic E-state index is 8.56. The number of aliphatic hydroxyl groups excluding tert-OH is 2. The van der Waals surface area contributed by atoms with Crippen LogP contribution < -0.4 is 5.73 Å². The number of aliphatic hydroxyl groups is 2. The largest absolute Gasteiger partial charge is 0.396 e. The van der Waals surface area contributed by atoms with Gasteiger partial charge in [-0.25, -0.2) is 9.68 Å². The fourth-order valence-electron chi connectivity index (χ4n) is 0.708. The van der Waals surface area contributed by atoms with Gasteiger partial charge in [-0.1, -0.05) is 0 Å². The van der Waals surface area contributed by atoms with Gasteiger partial charge >= 0.3 is 0 Å². The fraction of sp³-hybridized carbons (Fsp3) is 0.778. The Hall–Kier alpha value is -0.660. The van der Waals surface area contributed by atoms with Crippen molar-refractivity contribution in [3.8, 4) is 0 Å². The van der Waals surface area contributed by atoms with E-state index < -0.39 is 0 Å². The molecule has 0 saturated carbocycles. The molecule has 0 radical (unpaired) electrons. The van der Waals surface area contributed by atoms with Crippen LogP contribution in [0.2, 0.25) is 0 Å². The van der Waals surface area contributed by atoms with Gasteiger partial charge in [-0.15, -0.1) is 5.23 Å². The number of hydrogen-bond acceptors (Lipinski definition) is 6. The summed E-state index contributed by atoms with van der Waals surface area (Å²) in [6.45, 7) is 1.27.